The number of carbonyl (C=O) groups is 1. The van der Waals surface area contributed by atoms with Gasteiger partial charge in [0.15, 0.2) is 0 Å². The fourth-order valence-electron chi connectivity index (χ4n) is 2.04. The number of hydrogen-bond donors (Lipinski definition) is 0. The summed E-state index contributed by atoms with van der Waals surface area (Å²) in [6.45, 7) is 1.38. The fourth-order valence-corrected chi connectivity index (χ4v) is 2.52. The first-order valence-electron chi connectivity index (χ1n) is 6.31. The highest BCUT2D eigenvalue weighted by Gasteiger charge is 2.27. The molecule has 0 saturated carbocycles. The number of aromatic nitrogens is 1. The molecule has 2 rings (SSSR count). The first kappa shape index (κ1) is 14.6. The molecule has 1 fully saturated rings. The summed E-state index contributed by atoms with van der Waals surface area (Å²) in [6.07, 6.45) is 3.80. The van der Waals surface area contributed by atoms with E-state index in [2.05, 4.69) is 20.9 Å². The van der Waals surface area contributed by atoms with Gasteiger partial charge in [0.2, 0.25) is 11.8 Å². The summed E-state index contributed by atoms with van der Waals surface area (Å²) in [7, 11) is 0. The van der Waals surface area contributed by atoms with Gasteiger partial charge in [-0.3, -0.25) is 4.79 Å². The van der Waals surface area contributed by atoms with Gasteiger partial charge in [0.05, 0.1) is 11.0 Å². The Balaban J connectivity index is 1.85. The molecule has 1 unspecified atom stereocenters. The minimum absolute atomic E-state index is 0.0196. The van der Waals surface area contributed by atoms with Gasteiger partial charge >= 0.3 is 0 Å². The second-order valence-electron chi connectivity index (χ2n) is 4.45. The average molecular weight is 348 g/mol. The predicted octanol–water partition coefficient (Wildman–Crippen LogP) is 2.84. The molecule has 1 aromatic rings. The molecule has 19 heavy (non-hydrogen) atoms. The molecule has 1 aromatic heterocycles. The van der Waals surface area contributed by atoms with Gasteiger partial charge in [0.1, 0.15) is 6.10 Å². The lowest BCUT2D eigenvalue weighted by molar-refractivity contribution is -0.130. The van der Waals surface area contributed by atoms with E-state index in [1.165, 1.54) is 0 Å². The standard InChI is InChI=1S/C13H16BrClN2O2/c14-11-3-2-7-16-13(11)19-10-5-8-17(9-10)12(18)4-1-6-15/h2-3,7,10H,1,4-6,8-9H2. The molecule has 1 saturated heterocycles. The number of halogens is 2. The number of amides is 1. The van der Waals surface area contributed by atoms with Crippen LogP contribution in [0.3, 0.4) is 0 Å². The zero-order chi connectivity index (χ0) is 13.7. The van der Waals surface area contributed by atoms with Crippen molar-refractivity contribution in [2.45, 2.75) is 25.4 Å². The number of likely N-dealkylation sites (tertiary alicyclic amines) is 1. The van der Waals surface area contributed by atoms with Crippen LogP contribution in [0.1, 0.15) is 19.3 Å². The third-order valence-corrected chi connectivity index (χ3v) is 3.90. The topological polar surface area (TPSA) is 42.4 Å². The molecule has 1 aliphatic rings. The Hall–Kier alpha value is -0.810. The molecule has 6 heteroatoms. The Bertz CT molecular complexity index is 444. The van der Waals surface area contributed by atoms with Crippen LogP contribution in [0.5, 0.6) is 5.88 Å². The normalized spacial score (nSPS) is 18.6. The van der Waals surface area contributed by atoms with Gasteiger partial charge in [-0.05, 0) is 34.5 Å². The molecule has 1 amide bonds. The number of hydrogen-bond acceptors (Lipinski definition) is 3. The van der Waals surface area contributed by atoms with E-state index in [1.54, 1.807) is 6.20 Å². The van der Waals surface area contributed by atoms with Crippen LogP contribution >= 0.6 is 27.5 Å². The van der Waals surface area contributed by atoms with Crippen molar-refractivity contribution in [1.82, 2.24) is 9.88 Å². The van der Waals surface area contributed by atoms with Crippen LogP contribution < -0.4 is 4.74 Å². The molecule has 4 nitrogen and oxygen atoms in total. The van der Waals surface area contributed by atoms with Crippen LogP contribution in [0.25, 0.3) is 0 Å². The molecule has 0 aromatic carbocycles. The maximum Gasteiger partial charge on any atom is 0.228 e. The van der Waals surface area contributed by atoms with Crippen molar-refractivity contribution in [2.75, 3.05) is 19.0 Å². The van der Waals surface area contributed by atoms with Gasteiger partial charge in [0.25, 0.3) is 0 Å². The van der Waals surface area contributed by atoms with E-state index < -0.39 is 0 Å². The van der Waals surface area contributed by atoms with E-state index in [4.69, 9.17) is 16.3 Å². The van der Waals surface area contributed by atoms with Gasteiger partial charge in [-0.2, -0.15) is 0 Å². The molecule has 1 atom stereocenters. The minimum atomic E-state index is 0.0196. The largest absolute Gasteiger partial charge is 0.472 e. The maximum absolute atomic E-state index is 11.9. The lowest BCUT2D eigenvalue weighted by Gasteiger charge is -2.17. The number of carbonyl (C=O) groups excluding carboxylic acids is 1. The molecule has 0 radical (unpaired) electrons. The summed E-state index contributed by atoms with van der Waals surface area (Å²) in [6, 6.07) is 3.73. The van der Waals surface area contributed by atoms with Crippen LogP contribution in [0.4, 0.5) is 0 Å². The Kier molecular flexibility index (Phi) is 5.45. The molecule has 0 N–H and O–H groups in total. The summed E-state index contributed by atoms with van der Waals surface area (Å²) >= 11 is 9.00. The summed E-state index contributed by atoms with van der Waals surface area (Å²) in [5, 5.41) is 0. The maximum atomic E-state index is 11.9. The molecular weight excluding hydrogens is 332 g/mol. The second kappa shape index (κ2) is 7.10. The Morgan fingerprint density at radius 2 is 2.47 bits per heavy atom. The average Bonchev–Trinajstić information content (AvgIpc) is 2.87. The van der Waals surface area contributed by atoms with Crippen LogP contribution in [-0.4, -0.2) is 40.9 Å². The van der Waals surface area contributed by atoms with Crippen molar-refractivity contribution in [3.8, 4) is 5.88 Å². The van der Waals surface area contributed by atoms with E-state index in [-0.39, 0.29) is 12.0 Å². The summed E-state index contributed by atoms with van der Waals surface area (Å²) in [4.78, 5) is 17.9. The van der Waals surface area contributed by atoms with Gasteiger partial charge in [0, 0.05) is 31.5 Å². The second-order valence-corrected chi connectivity index (χ2v) is 5.68. The molecular formula is C13H16BrClN2O2. The number of alkyl halides is 1. The van der Waals surface area contributed by atoms with E-state index in [9.17, 15) is 4.79 Å². The van der Waals surface area contributed by atoms with E-state index in [0.29, 0.717) is 24.7 Å². The number of nitrogens with zero attached hydrogens (tertiary/aromatic N) is 2. The minimum Gasteiger partial charge on any atom is -0.472 e. The molecule has 0 aliphatic carbocycles. The smallest absolute Gasteiger partial charge is 0.228 e. The summed E-state index contributed by atoms with van der Waals surface area (Å²) < 4.78 is 6.65. The van der Waals surface area contributed by atoms with Gasteiger partial charge in [-0.25, -0.2) is 4.98 Å². The lowest BCUT2D eigenvalue weighted by Crippen LogP contribution is -2.30. The van der Waals surface area contributed by atoms with Crippen molar-refractivity contribution < 1.29 is 9.53 Å². The summed E-state index contributed by atoms with van der Waals surface area (Å²) in [5.41, 5.74) is 0. The number of ether oxygens (including phenoxy) is 1. The monoisotopic (exact) mass is 346 g/mol. The highest BCUT2D eigenvalue weighted by atomic mass is 79.9. The highest BCUT2D eigenvalue weighted by Crippen LogP contribution is 2.24. The number of rotatable bonds is 5. The fraction of sp³-hybridized carbons (Fsp3) is 0.538. The Labute approximate surface area is 126 Å². The van der Waals surface area contributed by atoms with Crippen LogP contribution in [0.2, 0.25) is 0 Å². The quantitative estimate of drug-likeness (QED) is 0.769. The molecule has 2 heterocycles. The zero-order valence-corrected chi connectivity index (χ0v) is 12.9. The van der Waals surface area contributed by atoms with Crippen LogP contribution in [0.15, 0.2) is 22.8 Å². The SMILES string of the molecule is O=C(CCCCl)N1CCC(Oc2ncccc2Br)C1. The Morgan fingerprint density at radius 1 is 1.63 bits per heavy atom. The van der Waals surface area contributed by atoms with Crippen molar-refractivity contribution in [3.63, 3.8) is 0 Å². The van der Waals surface area contributed by atoms with E-state index in [1.807, 2.05) is 17.0 Å². The van der Waals surface area contributed by atoms with Gasteiger partial charge in [-0.15, -0.1) is 11.6 Å². The first-order valence-corrected chi connectivity index (χ1v) is 7.64. The van der Waals surface area contributed by atoms with Crippen molar-refractivity contribution in [3.05, 3.63) is 22.8 Å². The van der Waals surface area contributed by atoms with Crippen LogP contribution in [-0.2, 0) is 4.79 Å². The van der Waals surface area contributed by atoms with Crippen molar-refractivity contribution >= 4 is 33.4 Å². The third-order valence-electron chi connectivity index (χ3n) is 3.03. The predicted molar refractivity (Wildman–Crippen MR) is 77.5 cm³/mol. The Morgan fingerprint density at radius 3 is 3.21 bits per heavy atom. The summed E-state index contributed by atoms with van der Waals surface area (Å²) in [5.74, 6) is 1.27. The zero-order valence-electron chi connectivity index (χ0n) is 10.5. The molecule has 0 bridgehead atoms. The number of pyridine rings is 1. The van der Waals surface area contributed by atoms with E-state index >= 15 is 0 Å². The van der Waals surface area contributed by atoms with Gasteiger partial charge < -0.3 is 9.64 Å². The molecule has 1 aliphatic heterocycles. The van der Waals surface area contributed by atoms with Gasteiger partial charge in [-0.1, -0.05) is 0 Å². The van der Waals surface area contributed by atoms with Crippen molar-refractivity contribution in [1.29, 1.82) is 0 Å². The van der Waals surface area contributed by atoms with Crippen molar-refractivity contribution in [2.24, 2.45) is 0 Å². The highest BCUT2D eigenvalue weighted by molar-refractivity contribution is 9.10. The third kappa shape index (κ3) is 4.08. The lowest BCUT2D eigenvalue weighted by atomic mass is 10.3. The molecule has 0 spiro atoms. The molecule has 104 valence electrons. The van der Waals surface area contributed by atoms with Crippen LogP contribution in [0, 0.1) is 0 Å². The first-order chi connectivity index (χ1) is 9.20. The van der Waals surface area contributed by atoms with E-state index in [0.717, 1.165) is 23.9 Å².